The summed E-state index contributed by atoms with van der Waals surface area (Å²) < 4.78 is 13.0. The van der Waals surface area contributed by atoms with Crippen LogP contribution in [0.15, 0.2) is 42.5 Å². The van der Waals surface area contributed by atoms with Crippen molar-refractivity contribution in [2.45, 2.75) is 13.8 Å². The maximum absolute atomic E-state index is 13.0. The molecular formula is C16H15FN2O2. The Labute approximate surface area is 122 Å². The molecule has 0 aromatic heterocycles. The molecule has 2 aromatic carbocycles. The number of carbonyl (C=O) groups excluding carboxylic acids is 2. The Kier molecular flexibility index (Phi) is 4.33. The van der Waals surface area contributed by atoms with Crippen molar-refractivity contribution in [3.05, 3.63) is 59.4 Å². The molecule has 2 rings (SSSR count). The molecule has 0 aliphatic rings. The van der Waals surface area contributed by atoms with Gasteiger partial charge >= 0.3 is 11.8 Å². The number of hydrogen-bond acceptors (Lipinski definition) is 2. The Morgan fingerprint density at radius 3 is 2.00 bits per heavy atom. The van der Waals surface area contributed by atoms with Gasteiger partial charge in [0.25, 0.3) is 0 Å². The van der Waals surface area contributed by atoms with Crippen molar-refractivity contribution in [3.63, 3.8) is 0 Å². The number of anilines is 2. The molecule has 0 unspecified atom stereocenters. The van der Waals surface area contributed by atoms with Crippen molar-refractivity contribution in [1.82, 2.24) is 0 Å². The maximum atomic E-state index is 13.0. The fourth-order valence-corrected chi connectivity index (χ4v) is 1.99. The monoisotopic (exact) mass is 286 g/mol. The molecule has 0 heterocycles. The van der Waals surface area contributed by atoms with E-state index in [9.17, 15) is 14.0 Å². The standard InChI is InChI=1S/C16H15FN2O2/c1-10-6-11(2)8-14(7-10)19-16(21)15(20)18-13-5-3-4-12(17)9-13/h3-9H,1-2H3,(H,18,20)(H,19,21). The van der Waals surface area contributed by atoms with Gasteiger partial charge in [-0.15, -0.1) is 0 Å². The lowest BCUT2D eigenvalue weighted by Crippen LogP contribution is -2.29. The van der Waals surface area contributed by atoms with E-state index in [1.54, 1.807) is 12.1 Å². The molecule has 108 valence electrons. The van der Waals surface area contributed by atoms with Crippen LogP contribution in [0.4, 0.5) is 15.8 Å². The number of rotatable bonds is 2. The van der Waals surface area contributed by atoms with Gasteiger partial charge in [0.05, 0.1) is 0 Å². The summed E-state index contributed by atoms with van der Waals surface area (Å²) in [5, 5.41) is 4.85. The number of aryl methyl sites for hydroxylation is 2. The number of nitrogens with one attached hydrogen (secondary N) is 2. The fraction of sp³-hybridized carbons (Fsp3) is 0.125. The van der Waals surface area contributed by atoms with Crippen LogP contribution in [0.25, 0.3) is 0 Å². The largest absolute Gasteiger partial charge is 0.318 e. The van der Waals surface area contributed by atoms with E-state index in [4.69, 9.17) is 0 Å². The molecule has 0 spiro atoms. The molecular weight excluding hydrogens is 271 g/mol. The fourth-order valence-electron chi connectivity index (χ4n) is 1.99. The van der Waals surface area contributed by atoms with Crippen molar-refractivity contribution < 1.29 is 14.0 Å². The molecule has 0 saturated carbocycles. The first-order valence-corrected chi connectivity index (χ1v) is 6.40. The minimum atomic E-state index is -0.847. The lowest BCUT2D eigenvalue weighted by atomic mass is 10.1. The summed E-state index contributed by atoms with van der Waals surface area (Å²) in [6, 6.07) is 10.8. The maximum Gasteiger partial charge on any atom is 0.314 e. The number of benzene rings is 2. The van der Waals surface area contributed by atoms with E-state index in [1.165, 1.54) is 18.2 Å². The van der Waals surface area contributed by atoms with Crippen LogP contribution in [0.2, 0.25) is 0 Å². The van der Waals surface area contributed by atoms with Gasteiger partial charge in [-0.05, 0) is 55.3 Å². The van der Waals surface area contributed by atoms with Crippen LogP contribution in [0.3, 0.4) is 0 Å². The molecule has 2 aromatic rings. The average Bonchev–Trinajstić information content (AvgIpc) is 2.37. The summed E-state index contributed by atoms with van der Waals surface area (Å²) in [6.07, 6.45) is 0. The zero-order valence-corrected chi connectivity index (χ0v) is 11.7. The highest BCUT2D eigenvalue weighted by atomic mass is 19.1. The smallest absolute Gasteiger partial charge is 0.314 e. The van der Waals surface area contributed by atoms with Crippen molar-refractivity contribution in [2.75, 3.05) is 10.6 Å². The summed E-state index contributed by atoms with van der Waals surface area (Å²) in [7, 11) is 0. The van der Waals surface area contributed by atoms with E-state index in [2.05, 4.69) is 10.6 Å². The zero-order valence-electron chi connectivity index (χ0n) is 11.7. The molecule has 0 aliphatic heterocycles. The van der Waals surface area contributed by atoms with Gasteiger partial charge in [-0.1, -0.05) is 12.1 Å². The van der Waals surface area contributed by atoms with E-state index in [-0.39, 0.29) is 5.69 Å². The molecule has 21 heavy (non-hydrogen) atoms. The lowest BCUT2D eigenvalue weighted by Gasteiger charge is -2.08. The first-order valence-electron chi connectivity index (χ1n) is 6.40. The topological polar surface area (TPSA) is 58.2 Å². The second-order valence-corrected chi connectivity index (χ2v) is 4.79. The van der Waals surface area contributed by atoms with Crippen LogP contribution < -0.4 is 10.6 Å². The van der Waals surface area contributed by atoms with E-state index >= 15 is 0 Å². The van der Waals surface area contributed by atoms with Gasteiger partial charge in [0.1, 0.15) is 5.82 Å². The van der Waals surface area contributed by atoms with Crippen LogP contribution >= 0.6 is 0 Å². The Bertz CT molecular complexity index is 678. The van der Waals surface area contributed by atoms with Gasteiger partial charge in [-0.2, -0.15) is 0 Å². The van der Waals surface area contributed by atoms with Crippen LogP contribution in [-0.4, -0.2) is 11.8 Å². The Morgan fingerprint density at radius 1 is 0.857 bits per heavy atom. The number of hydrogen-bond donors (Lipinski definition) is 2. The molecule has 0 fully saturated rings. The summed E-state index contributed by atoms with van der Waals surface area (Å²) in [5.74, 6) is -2.13. The highest BCUT2D eigenvalue weighted by Gasteiger charge is 2.14. The van der Waals surface area contributed by atoms with Crippen molar-refractivity contribution >= 4 is 23.2 Å². The number of halogens is 1. The van der Waals surface area contributed by atoms with Crippen molar-refractivity contribution in [2.24, 2.45) is 0 Å². The van der Waals surface area contributed by atoms with Gasteiger partial charge in [0, 0.05) is 11.4 Å². The third-order valence-corrected chi connectivity index (χ3v) is 2.77. The Morgan fingerprint density at radius 2 is 1.43 bits per heavy atom. The number of carbonyl (C=O) groups is 2. The van der Waals surface area contributed by atoms with Crippen molar-refractivity contribution in [1.29, 1.82) is 0 Å². The van der Waals surface area contributed by atoms with Crippen LogP contribution in [0.1, 0.15) is 11.1 Å². The summed E-state index contributed by atoms with van der Waals surface area (Å²) in [5.41, 5.74) is 2.74. The lowest BCUT2D eigenvalue weighted by molar-refractivity contribution is -0.133. The molecule has 0 atom stereocenters. The first-order chi connectivity index (χ1) is 9.94. The van der Waals surface area contributed by atoms with E-state index in [0.29, 0.717) is 5.69 Å². The van der Waals surface area contributed by atoms with Crippen LogP contribution in [0.5, 0.6) is 0 Å². The highest BCUT2D eigenvalue weighted by molar-refractivity contribution is 6.43. The van der Waals surface area contributed by atoms with E-state index in [0.717, 1.165) is 17.2 Å². The molecule has 0 saturated heterocycles. The molecule has 2 N–H and O–H groups in total. The molecule has 0 radical (unpaired) electrons. The van der Waals surface area contributed by atoms with Gasteiger partial charge in [0.15, 0.2) is 0 Å². The summed E-state index contributed by atoms with van der Waals surface area (Å²) in [6.45, 7) is 3.80. The molecule has 5 heteroatoms. The molecule has 0 bridgehead atoms. The SMILES string of the molecule is Cc1cc(C)cc(NC(=O)C(=O)Nc2cccc(F)c2)c1. The van der Waals surface area contributed by atoms with E-state index < -0.39 is 17.6 Å². The zero-order chi connectivity index (χ0) is 15.4. The Hall–Kier alpha value is -2.69. The average molecular weight is 286 g/mol. The minimum Gasteiger partial charge on any atom is -0.318 e. The second-order valence-electron chi connectivity index (χ2n) is 4.79. The van der Waals surface area contributed by atoms with Gasteiger partial charge in [0.2, 0.25) is 0 Å². The highest BCUT2D eigenvalue weighted by Crippen LogP contribution is 2.14. The quantitative estimate of drug-likeness (QED) is 0.834. The van der Waals surface area contributed by atoms with Crippen LogP contribution in [-0.2, 0) is 9.59 Å². The van der Waals surface area contributed by atoms with Gasteiger partial charge in [-0.25, -0.2) is 4.39 Å². The predicted octanol–water partition coefficient (Wildman–Crippen LogP) is 3.02. The Balaban J connectivity index is 2.04. The second kappa shape index (κ2) is 6.17. The summed E-state index contributed by atoms with van der Waals surface area (Å²) in [4.78, 5) is 23.6. The van der Waals surface area contributed by atoms with Gasteiger partial charge < -0.3 is 10.6 Å². The molecule has 0 aliphatic carbocycles. The minimum absolute atomic E-state index is 0.232. The van der Waals surface area contributed by atoms with Gasteiger partial charge in [-0.3, -0.25) is 9.59 Å². The van der Waals surface area contributed by atoms with E-state index in [1.807, 2.05) is 19.9 Å². The number of amides is 2. The molecule has 4 nitrogen and oxygen atoms in total. The van der Waals surface area contributed by atoms with Crippen molar-refractivity contribution in [3.8, 4) is 0 Å². The third kappa shape index (κ3) is 4.14. The first kappa shape index (κ1) is 14.7. The van der Waals surface area contributed by atoms with Crippen LogP contribution in [0, 0.1) is 19.7 Å². The summed E-state index contributed by atoms with van der Waals surface area (Å²) >= 11 is 0. The third-order valence-electron chi connectivity index (χ3n) is 2.77. The normalized spacial score (nSPS) is 10.0. The molecule has 2 amide bonds. The predicted molar refractivity (Wildman–Crippen MR) is 79.6 cm³/mol.